The zero-order valence-electron chi connectivity index (χ0n) is 31.8. The molecule has 5 aliphatic rings. The van der Waals surface area contributed by atoms with Crippen LogP contribution in [0.4, 0.5) is 0 Å². The molecule has 6 aromatic carbocycles. The summed E-state index contributed by atoms with van der Waals surface area (Å²) in [7, 11) is 0. The van der Waals surface area contributed by atoms with Gasteiger partial charge in [0.25, 0.3) is 0 Å². The van der Waals surface area contributed by atoms with E-state index in [4.69, 9.17) is 19.1 Å². The standard InChI is InChI=1S/C52H42N2O2/c1-31-23-32-24-33(25-32)30-51(2,29-31)50-53-44(34-20-22-47-39(26-34)38-13-5-9-17-46(38)55-47)28-45(54-50)35-19-21-43-49(27-35)56-48-18-10-8-16-42(48)52(43)40-14-6-3-11-36(40)37-12-4-7-15-41(37)52/h3-22,26-28,31-33H,23-25,29-30H2,1-2H3/t31-,32?,33?,51?/m0/s1. The molecule has 0 radical (unpaired) electrons. The van der Waals surface area contributed by atoms with Crippen LogP contribution in [-0.4, -0.2) is 9.97 Å². The lowest BCUT2D eigenvalue weighted by atomic mass is 9.59. The molecular weight excluding hydrogens is 685 g/mol. The Morgan fingerprint density at radius 2 is 1.16 bits per heavy atom. The van der Waals surface area contributed by atoms with Crippen molar-refractivity contribution in [1.29, 1.82) is 0 Å². The lowest BCUT2D eigenvalue weighted by Gasteiger charge is -2.46. The van der Waals surface area contributed by atoms with Crippen LogP contribution in [0.15, 0.2) is 144 Å². The second-order valence-corrected chi connectivity index (χ2v) is 17.4. The van der Waals surface area contributed by atoms with E-state index in [2.05, 4.69) is 141 Å². The van der Waals surface area contributed by atoms with Gasteiger partial charge < -0.3 is 9.15 Å². The average molecular weight is 727 g/mol. The van der Waals surface area contributed by atoms with Gasteiger partial charge in [0.1, 0.15) is 28.5 Å². The van der Waals surface area contributed by atoms with Crippen LogP contribution < -0.4 is 4.74 Å². The van der Waals surface area contributed by atoms with Crippen LogP contribution >= 0.6 is 0 Å². The molecule has 8 aromatic rings. The van der Waals surface area contributed by atoms with E-state index in [1.807, 2.05) is 12.1 Å². The predicted molar refractivity (Wildman–Crippen MR) is 224 cm³/mol. The summed E-state index contributed by atoms with van der Waals surface area (Å²) in [6, 6.07) is 50.2. The van der Waals surface area contributed by atoms with Crippen LogP contribution in [0.3, 0.4) is 0 Å². The highest BCUT2D eigenvalue weighted by molar-refractivity contribution is 6.06. The van der Waals surface area contributed by atoms with E-state index < -0.39 is 5.41 Å². The largest absolute Gasteiger partial charge is 0.457 e. The van der Waals surface area contributed by atoms with Gasteiger partial charge >= 0.3 is 0 Å². The molecule has 4 nitrogen and oxygen atoms in total. The first-order valence-corrected chi connectivity index (χ1v) is 20.4. The summed E-state index contributed by atoms with van der Waals surface area (Å²) < 4.78 is 13.2. The normalized spacial score (nSPS) is 22.6. The van der Waals surface area contributed by atoms with Crippen LogP contribution in [0, 0.1) is 17.8 Å². The summed E-state index contributed by atoms with van der Waals surface area (Å²) >= 11 is 0. The minimum Gasteiger partial charge on any atom is -0.457 e. The molecule has 0 amide bonds. The first-order chi connectivity index (χ1) is 27.4. The molecule has 2 aromatic heterocycles. The molecule has 0 N–H and O–H groups in total. The third-order valence-corrected chi connectivity index (χ3v) is 13.7. The highest BCUT2D eigenvalue weighted by Crippen LogP contribution is 2.62. The summed E-state index contributed by atoms with van der Waals surface area (Å²) in [5.41, 5.74) is 12.6. The highest BCUT2D eigenvalue weighted by Gasteiger charge is 2.51. The molecular formula is C52H42N2O2. The van der Waals surface area contributed by atoms with Crippen molar-refractivity contribution in [1.82, 2.24) is 9.97 Å². The Morgan fingerprint density at radius 1 is 0.536 bits per heavy atom. The number of ether oxygens (including phenoxy) is 1. The zero-order chi connectivity index (χ0) is 37.2. The number of furan rings is 1. The van der Waals surface area contributed by atoms with Crippen LogP contribution in [0.25, 0.3) is 55.6 Å². The number of aromatic nitrogens is 2. The molecule has 3 heterocycles. The Morgan fingerprint density at radius 3 is 1.95 bits per heavy atom. The molecule has 1 spiro atoms. The smallest absolute Gasteiger partial charge is 0.135 e. The Bertz CT molecular complexity index is 2850. The number of rotatable bonds is 3. The van der Waals surface area contributed by atoms with Gasteiger partial charge in [0.2, 0.25) is 0 Å². The van der Waals surface area contributed by atoms with Crippen LogP contribution in [0.5, 0.6) is 11.5 Å². The van der Waals surface area contributed by atoms with Gasteiger partial charge in [0, 0.05) is 38.4 Å². The third kappa shape index (κ3) is 4.59. The Hall–Kier alpha value is -6.00. The molecule has 2 atom stereocenters. The number of hydrogen-bond donors (Lipinski definition) is 0. The SMILES string of the molecule is C[C@H]1CC2CC(C2)CC(C)(c2nc(-c3ccc4c(c3)Oc3ccccc3C43c4ccccc4-c4ccccc43)cc(-c3ccc4oc5ccccc5c4c3)n2)C1. The maximum Gasteiger partial charge on any atom is 0.135 e. The summed E-state index contributed by atoms with van der Waals surface area (Å²) in [6.07, 6.45) is 6.22. The molecule has 0 saturated heterocycles. The van der Waals surface area contributed by atoms with Gasteiger partial charge in [-0.2, -0.15) is 0 Å². The molecule has 2 bridgehead atoms. The molecule has 4 aliphatic carbocycles. The Labute approximate surface area is 327 Å². The van der Waals surface area contributed by atoms with Crippen molar-refractivity contribution >= 4 is 21.9 Å². The second-order valence-electron chi connectivity index (χ2n) is 17.4. The van der Waals surface area contributed by atoms with E-state index in [-0.39, 0.29) is 5.41 Å². The third-order valence-electron chi connectivity index (χ3n) is 13.7. The van der Waals surface area contributed by atoms with Gasteiger partial charge in [-0.05, 0) is 115 Å². The molecule has 13 rings (SSSR count). The summed E-state index contributed by atoms with van der Waals surface area (Å²) in [6.45, 7) is 4.87. The van der Waals surface area contributed by atoms with E-state index in [0.29, 0.717) is 5.92 Å². The van der Waals surface area contributed by atoms with E-state index in [1.165, 1.54) is 47.1 Å². The van der Waals surface area contributed by atoms with Crippen LogP contribution in [0.1, 0.15) is 74.0 Å². The van der Waals surface area contributed by atoms with Crippen LogP contribution in [0.2, 0.25) is 0 Å². The van der Waals surface area contributed by atoms with E-state index >= 15 is 0 Å². The molecule has 3 fully saturated rings. The van der Waals surface area contributed by atoms with Crippen molar-refractivity contribution < 1.29 is 9.15 Å². The number of benzene rings is 6. The van der Waals surface area contributed by atoms with Gasteiger partial charge in [0.05, 0.1) is 16.8 Å². The highest BCUT2D eigenvalue weighted by atomic mass is 16.5. The molecule has 56 heavy (non-hydrogen) atoms. The number of nitrogens with zero attached hydrogens (tertiary/aromatic N) is 2. The summed E-state index contributed by atoms with van der Waals surface area (Å²) in [5, 5.41) is 2.23. The van der Waals surface area contributed by atoms with Gasteiger partial charge in [-0.15, -0.1) is 0 Å². The molecule has 3 saturated carbocycles. The van der Waals surface area contributed by atoms with E-state index in [9.17, 15) is 0 Å². The first-order valence-electron chi connectivity index (χ1n) is 20.4. The molecule has 4 heteroatoms. The Balaban J connectivity index is 1.06. The minimum absolute atomic E-state index is 0.127. The number of para-hydroxylation sites is 2. The van der Waals surface area contributed by atoms with Gasteiger partial charge in [-0.3, -0.25) is 0 Å². The van der Waals surface area contributed by atoms with Crippen molar-refractivity contribution in [3.05, 3.63) is 168 Å². The molecule has 1 aliphatic heterocycles. The maximum atomic E-state index is 6.93. The monoisotopic (exact) mass is 726 g/mol. The first kappa shape index (κ1) is 32.3. The average Bonchev–Trinajstić information content (AvgIpc) is 3.73. The predicted octanol–water partition coefficient (Wildman–Crippen LogP) is 13.3. The zero-order valence-corrected chi connectivity index (χ0v) is 31.8. The van der Waals surface area contributed by atoms with Crippen molar-refractivity contribution in [3.63, 3.8) is 0 Å². The van der Waals surface area contributed by atoms with Gasteiger partial charge in [0.15, 0.2) is 0 Å². The van der Waals surface area contributed by atoms with Crippen molar-refractivity contribution in [2.24, 2.45) is 17.8 Å². The molecule has 1 unspecified atom stereocenters. The van der Waals surface area contributed by atoms with Gasteiger partial charge in [-0.25, -0.2) is 9.97 Å². The number of hydrogen-bond acceptors (Lipinski definition) is 4. The minimum atomic E-state index is -0.496. The van der Waals surface area contributed by atoms with E-state index in [1.54, 1.807) is 0 Å². The fourth-order valence-corrected chi connectivity index (χ4v) is 11.5. The fraction of sp³-hybridized carbons (Fsp3) is 0.231. The second kappa shape index (κ2) is 11.8. The van der Waals surface area contributed by atoms with Gasteiger partial charge in [-0.1, -0.05) is 111 Å². The lowest BCUT2D eigenvalue weighted by molar-refractivity contribution is 0.0803. The quantitative estimate of drug-likeness (QED) is 0.182. The summed E-state index contributed by atoms with van der Waals surface area (Å²) in [4.78, 5) is 11.1. The topological polar surface area (TPSA) is 48.2 Å². The Kier molecular flexibility index (Phi) is 6.77. The van der Waals surface area contributed by atoms with Crippen LogP contribution in [-0.2, 0) is 10.8 Å². The van der Waals surface area contributed by atoms with Crippen molar-refractivity contribution in [2.45, 2.75) is 56.8 Å². The fourth-order valence-electron chi connectivity index (χ4n) is 11.5. The lowest BCUT2D eigenvalue weighted by Crippen LogP contribution is -2.39. The van der Waals surface area contributed by atoms with Crippen molar-refractivity contribution in [2.75, 3.05) is 0 Å². The van der Waals surface area contributed by atoms with E-state index in [0.717, 1.165) is 92.0 Å². The summed E-state index contributed by atoms with van der Waals surface area (Å²) in [5.74, 6) is 4.98. The maximum absolute atomic E-state index is 6.93. The van der Waals surface area contributed by atoms with Crippen molar-refractivity contribution in [3.8, 4) is 45.1 Å². The molecule has 272 valence electrons. The number of fused-ring (bicyclic) bond motifs is 16.